The number of carbonyl (C=O) groups excluding carboxylic acids is 1. The molecule has 290 valence electrons. The van der Waals surface area contributed by atoms with Gasteiger partial charge in [-0.2, -0.15) is 30.7 Å². The molecule has 9 nitrogen and oxygen atoms in total. The molecule has 1 aliphatic carbocycles. The maximum absolute atomic E-state index is 13.3. The van der Waals surface area contributed by atoms with E-state index in [0.717, 1.165) is 104 Å². The van der Waals surface area contributed by atoms with Crippen molar-refractivity contribution in [1.82, 2.24) is 4.90 Å². The Morgan fingerprint density at radius 3 is 1.72 bits per heavy atom. The molecular formula is C49H48N8O. The lowest BCUT2D eigenvalue weighted by molar-refractivity contribution is -0.137. The van der Waals surface area contributed by atoms with E-state index in [4.69, 9.17) is 0 Å². The van der Waals surface area contributed by atoms with E-state index in [1.165, 1.54) is 18.4 Å². The number of rotatable bonds is 11. The number of azo groups is 3. The van der Waals surface area contributed by atoms with Crippen LogP contribution in [0.1, 0.15) is 63.5 Å². The Labute approximate surface area is 343 Å². The smallest absolute Gasteiger partial charge is 0.225 e. The van der Waals surface area contributed by atoms with Crippen molar-refractivity contribution in [3.8, 4) is 47.4 Å². The molecule has 1 heterocycles. The molecule has 0 aromatic heterocycles. The number of carbonyl (C=O) groups is 1. The van der Waals surface area contributed by atoms with E-state index in [1.54, 1.807) is 6.92 Å². The minimum absolute atomic E-state index is 0.0836. The number of nitrogens with zero attached hydrogens (tertiary/aromatic N) is 8. The highest BCUT2D eigenvalue weighted by molar-refractivity contribution is 5.79. The third-order valence-corrected chi connectivity index (χ3v) is 10.2. The molecule has 0 atom stereocenters. The molecule has 1 amide bonds. The Hall–Kier alpha value is -6.81. The number of hydrogen-bond acceptors (Lipinski definition) is 8. The van der Waals surface area contributed by atoms with Gasteiger partial charge in [0.1, 0.15) is 0 Å². The molecule has 0 radical (unpaired) electrons. The van der Waals surface area contributed by atoms with Crippen LogP contribution in [0.2, 0.25) is 0 Å². The molecule has 1 saturated heterocycles. The second-order valence-electron chi connectivity index (χ2n) is 14.4. The minimum atomic E-state index is 0.0836. The van der Waals surface area contributed by atoms with Crippen LogP contribution in [-0.4, -0.2) is 37.0 Å². The average molecular weight is 765 g/mol. The van der Waals surface area contributed by atoms with Crippen LogP contribution in [0.4, 0.5) is 39.8 Å². The van der Waals surface area contributed by atoms with Crippen molar-refractivity contribution in [2.45, 2.75) is 65.7 Å². The zero-order chi connectivity index (χ0) is 40.4. The number of hydrogen-bond donors (Lipinski definition) is 0. The summed E-state index contributed by atoms with van der Waals surface area (Å²) in [5.41, 5.74) is 7.97. The molecule has 9 heteroatoms. The van der Waals surface area contributed by atoms with Gasteiger partial charge in [0.2, 0.25) is 5.91 Å². The summed E-state index contributed by atoms with van der Waals surface area (Å²) in [4.78, 5) is 17.7. The van der Waals surface area contributed by atoms with Gasteiger partial charge in [0.05, 0.1) is 34.1 Å². The fraction of sp³-hybridized carbons (Fsp3) is 0.327. The van der Waals surface area contributed by atoms with E-state index >= 15 is 0 Å². The number of unbranched alkanes of at least 4 members (excludes halogenated alkanes) is 1. The van der Waals surface area contributed by atoms with Gasteiger partial charge in [0, 0.05) is 43.7 Å². The molecule has 0 N–H and O–H groups in total. The second-order valence-corrected chi connectivity index (χ2v) is 14.4. The van der Waals surface area contributed by atoms with E-state index in [0.29, 0.717) is 5.92 Å². The van der Waals surface area contributed by atoms with Crippen LogP contribution < -0.4 is 4.90 Å². The Bertz CT molecular complexity index is 2350. The van der Waals surface area contributed by atoms with Gasteiger partial charge in [-0.1, -0.05) is 37.3 Å². The summed E-state index contributed by atoms with van der Waals surface area (Å²) < 4.78 is 0. The predicted octanol–water partition coefficient (Wildman–Crippen LogP) is 12.1. The largest absolute Gasteiger partial charge is 0.368 e. The third kappa shape index (κ3) is 12.3. The topological polar surface area (TPSA) is 97.7 Å². The zero-order valence-corrected chi connectivity index (χ0v) is 33.6. The number of amides is 1. The number of anilines is 1. The van der Waals surface area contributed by atoms with Crippen molar-refractivity contribution in [3.05, 3.63) is 102 Å². The van der Waals surface area contributed by atoms with E-state index in [2.05, 4.69) is 114 Å². The maximum atomic E-state index is 13.3. The van der Waals surface area contributed by atoms with Gasteiger partial charge in [-0.3, -0.25) is 4.79 Å². The first-order chi connectivity index (χ1) is 28.5. The van der Waals surface area contributed by atoms with Gasteiger partial charge in [0.15, 0.2) is 0 Å². The van der Waals surface area contributed by atoms with Crippen molar-refractivity contribution < 1.29 is 4.79 Å². The molecule has 0 unspecified atom stereocenters. The molecule has 4 aromatic rings. The average Bonchev–Trinajstić information content (AvgIpc) is 3.27. The van der Waals surface area contributed by atoms with Gasteiger partial charge in [-0.15, -0.1) is 0 Å². The van der Waals surface area contributed by atoms with E-state index < -0.39 is 0 Å². The number of benzene rings is 4. The summed E-state index contributed by atoms with van der Waals surface area (Å²) in [6, 6.07) is 29.6. The summed E-state index contributed by atoms with van der Waals surface area (Å²) >= 11 is 0. The monoisotopic (exact) mass is 764 g/mol. The molecule has 6 rings (SSSR count). The lowest BCUT2D eigenvalue weighted by Crippen LogP contribution is -2.50. The van der Waals surface area contributed by atoms with Crippen LogP contribution in [0.15, 0.2) is 122 Å². The van der Waals surface area contributed by atoms with Crippen LogP contribution in [0.25, 0.3) is 0 Å². The van der Waals surface area contributed by atoms with E-state index in [-0.39, 0.29) is 11.8 Å². The number of piperazine rings is 1. The Balaban J connectivity index is 0.930. The molecule has 1 saturated carbocycles. The molecule has 58 heavy (non-hydrogen) atoms. The van der Waals surface area contributed by atoms with Crippen LogP contribution in [0.5, 0.6) is 0 Å². The third-order valence-electron chi connectivity index (χ3n) is 10.2. The van der Waals surface area contributed by atoms with Crippen LogP contribution in [-0.2, 0) is 11.2 Å². The molecule has 2 fully saturated rings. The standard InChI is InChI=1S/C49H48N8O/c1-4-6-8-9-10-11-12-14-40-15-19-41(20-16-40)49(58)57-35-33-56(34-36-57)47-30-27-45(28-31-47)52-54-46-29-32-48(38(3)37-46)55-53-44-25-23-43(24-26-44)51-50-42-21-17-39(18-22-42)13-7-5-2/h17-18,21-32,37,40-41H,5,7,13,15-16,19-20,33-36H2,1-3H3. The molecular weight excluding hydrogens is 717 g/mol. The van der Waals surface area contributed by atoms with Crippen LogP contribution >= 0.6 is 0 Å². The summed E-state index contributed by atoms with van der Waals surface area (Å²) in [7, 11) is 0. The van der Waals surface area contributed by atoms with Gasteiger partial charge in [0.25, 0.3) is 0 Å². The van der Waals surface area contributed by atoms with Crippen LogP contribution in [0, 0.1) is 66.1 Å². The molecule has 4 aromatic carbocycles. The van der Waals surface area contributed by atoms with Crippen LogP contribution in [0.3, 0.4) is 0 Å². The molecule has 0 spiro atoms. The highest BCUT2D eigenvalue weighted by Gasteiger charge is 2.30. The first-order valence-corrected chi connectivity index (χ1v) is 20.1. The van der Waals surface area contributed by atoms with Crippen molar-refractivity contribution >= 4 is 45.7 Å². The molecule has 2 aliphatic rings. The highest BCUT2D eigenvalue weighted by Crippen LogP contribution is 2.32. The predicted molar refractivity (Wildman–Crippen MR) is 233 cm³/mol. The minimum Gasteiger partial charge on any atom is -0.368 e. The van der Waals surface area contributed by atoms with Crippen molar-refractivity contribution in [3.63, 3.8) is 0 Å². The quantitative estimate of drug-likeness (QED) is 0.112. The summed E-state index contributed by atoms with van der Waals surface area (Å²) in [5, 5.41) is 26.5. The zero-order valence-electron chi connectivity index (χ0n) is 33.6. The first kappa shape index (κ1) is 40.8. The van der Waals surface area contributed by atoms with Gasteiger partial charge in [-0.25, -0.2) is 0 Å². The summed E-state index contributed by atoms with van der Waals surface area (Å²) in [5.74, 6) is 23.0. The first-order valence-electron chi connectivity index (χ1n) is 20.1. The van der Waals surface area contributed by atoms with Crippen molar-refractivity contribution in [2.24, 2.45) is 42.5 Å². The summed E-state index contributed by atoms with van der Waals surface area (Å²) in [6.45, 7) is 8.97. The second kappa shape index (κ2) is 21.5. The van der Waals surface area contributed by atoms with Crippen molar-refractivity contribution in [2.75, 3.05) is 31.1 Å². The van der Waals surface area contributed by atoms with Gasteiger partial charge >= 0.3 is 0 Å². The van der Waals surface area contributed by atoms with E-state index in [9.17, 15) is 4.79 Å². The molecule has 1 aliphatic heterocycles. The van der Waals surface area contributed by atoms with Gasteiger partial charge in [-0.05, 0) is 178 Å². The fourth-order valence-electron chi connectivity index (χ4n) is 6.84. The normalized spacial score (nSPS) is 16.5. The lowest BCUT2D eigenvalue weighted by atomic mass is 9.81. The van der Waals surface area contributed by atoms with Crippen molar-refractivity contribution in [1.29, 1.82) is 0 Å². The Morgan fingerprint density at radius 1 is 0.621 bits per heavy atom. The lowest BCUT2D eigenvalue weighted by Gasteiger charge is -2.38. The highest BCUT2D eigenvalue weighted by atomic mass is 16.2. The summed E-state index contributed by atoms with van der Waals surface area (Å²) in [6.07, 6.45) is 7.09. The van der Waals surface area contributed by atoms with Gasteiger partial charge < -0.3 is 9.80 Å². The Morgan fingerprint density at radius 2 is 1.14 bits per heavy atom. The SMILES string of the molecule is CC#CC#CC#CC#CC1CCC(C(=O)N2CCN(c3ccc(N=Nc4ccc(N=Nc5ccc(N=Nc6ccc(CCCC)cc6)cc5)c(C)c4)cc3)CC2)CC1. The Kier molecular flexibility index (Phi) is 15.1. The fourth-order valence-corrected chi connectivity index (χ4v) is 6.84. The van der Waals surface area contributed by atoms with E-state index in [1.807, 2.05) is 78.6 Å². The number of aryl methyl sites for hydroxylation is 2. The maximum Gasteiger partial charge on any atom is 0.225 e. The molecule has 0 bridgehead atoms.